The number of hydrogen-bond donors (Lipinski definition) is 0. The molecule has 0 fully saturated rings. The molecular weight excluding hydrogens is 278 g/mol. The van der Waals surface area contributed by atoms with Crippen molar-refractivity contribution in [3.8, 4) is 0 Å². The largest absolute Gasteiger partial charge is 0.468 e. The molecule has 22 heavy (non-hydrogen) atoms. The fourth-order valence-electron chi connectivity index (χ4n) is 2.59. The Morgan fingerprint density at radius 3 is 2.23 bits per heavy atom. The first-order chi connectivity index (χ1) is 10.7. The van der Waals surface area contributed by atoms with Crippen molar-refractivity contribution in [1.82, 2.24) is 0 Å². The van der Waals surface area contributed by atoms with Gasteiger partial charge in [0.25, 0.3) is 0 Å². The Labute approximate surface area is 129 Å². The zero-order chi connectivity index (χ0) is 15.5. The van der Waals surface area contributed by atoms with Crippen LogP contribution in [-0.2, 0) is 14.3 Å². The zero-order valence-electron chi connectivity index (χ0n) is 12.5. The third-order valence-corrected chi connectivity index (χ3v) is 3.60. The Morgan fingerprint density at radius 2 is 1.64 bits per heavy atom. The van der Waals surface area contributed by atoms with Gasteiger partial charge in [0.05, 0.1) is 7.11 Å². The summed E-state index contributed by atoms with van der Waals surface area (Å²) in [6.45, 7) is 1.78. The van der Waals surface area contributed by atoms with Crippen LogP contribution in [0.15, 0.2) is 72.1 Å². The number of nitrogens with zero attached hydrogens (tertiary/aromatic N) is 1. The van der Waals surface area contributed by atoms with Gasteiger partial charge in [-0.1, -0.05) is 48.5 Å². The molecule has 0 saturated heterocycles. The maximum absolute atomic E-state index is 12.2. The minimum atomic E-state index is -0.403. The zero-order valence-corrected chi connectivity index (χ0v) is 12.5. The molecule has 112 valence electrons. The first-order valence-electron chi connectivity index (χ1n) is 7.07. The minimum Gasteiger partial charge on any atom is -0.468 e. The standard InChI is InChI=1S/C18H17NO3/c1-13-16(18(20)21-2)19(15-11-7-4-8-12-15)17(22-13)14-9-5-3-6-10-14/h3-12,17H,1-2H3. The number of carbonyl (C=O) groups excluding carboxylic acids is 1. The van der Waals surface area contributed by atoms with Gasteiger partial charge in [-0.15, -0.1) is 0 Å². The highest BCUT2D eigenvalue weighted by atomic mass is 16.5. The predicted octanol–water partition coefficient (Wildman–Crippen LogP) is 3.63. The fraction of sp³-hybridized carbons (Fsp3) is 0.167. The van der Waals surface area contributed by atoms with Gasteiger partial charge in [-0.2, -0.15) is 0 Å². The van der Waals surface area contributed by atoms with Crippen molar-refractivity contribution in [2.75, 3.05) is 12.0 Å². The van der Waals surface area contributed by atoms with Gasteiger partial charge in [0.2, 0.25) is 6.23 Å². The van der Waals surface area contributed by atoms with E-state index in [9.17, 15) is 4.79 Å². The highest BCUT2D eigenvalue weighted by Gasteiger charge is 2.38. The Kier molecular flexibility index (Phi) is 3.83. The molecule has 0 spiro atoms. The van der Waals surface area contributed by atoms with Gasteiger partial charge in [0, 0.05) is 11.3 Å². The lowest BCUT2D eigenvalue weighted by Crippen LogP contribution is -2.28. The van der Waals surface area contributed by atoms with Crippen LogP contribution < -0.4 is 4.90 Å². The highest BCUT2D eigenvalue weighted by molar-refractivity contribution is 5.94. The number of hydrogen-bond acceptors (Lipinski definition) is 4. The van der Waals surface area contributed by atoms with E-state index < -0.39 is 5.97 Å². The van der Waals surface area contributed by atoms with Crippen LogP contribution in [0.5, 0.6) is 0 Å². The number of benzene rings is 2. The number of anilines is 1. The maximum atomic E-state index is 12.2. The summed E-state index contributed by atoms with van der Waals surface area (Å²) >= 11 is 0. The maximum Gasteiger partial charge on any atom is 0.358 e. The molecule has 1 unspecified atom stereocenters. The summed E-state index contributed by atoms with van der Waals surface area (Å²) in [7, 11) is 1.38. The van der Waals surface area contributed by atoms with Crippen LogP contribution in [0.25, 0.3) is 0 Å². The fourth-order valence-corrected chi connectivity index (χ4v) is 2.59. The topological polar surface area (TPSA) is 38.8 Å². The Bertz CT molecular complexity index is 695. The number of rotatable bonds is 3. The second kappa shape index (κ2) is 5.93. The third kappa shape index (κ3) is 2.44. The molecule has 0 saturated carbocycles. The minimum absolute atomic E-state index is 0.377. The molecule has 0 aliphatic carbocycles. The highest BCUT2D eigenvalue weighted by Crippen LogP contribution is 2.40. The van der Waals surface area contributed by atoms with Crippen molar-refractivity contribution in [3.63, 3.8) is 0 Å². The summed E-state index contributed by atoms with van der Waals surface area (Å²) in [5, 5.41) is 0. The molecule has 1 atom stereocenters. The van der Waals surface area contributed by atoms with Gasteiger partial charge < -0.3 is 9.47 Å². The Hall–Kier alpha value is -2.75. The number of ether oxygens (including phenoxy) is 2. The van der Waals surface area contributed by atoms with E-state index >= 15 is 0 Å². The Morgan fingerprint density at radius 1 is 1.05 bits per heavy atom. The van der Waals surface area contributed by atoms with Crippen LogP contribution in [0.3, 0.4) is 0 Å². The molecule has 1 aliphatic rings. The van der Waals surface area contributed by atoms with Crippen molar-refractivity contribution < 1.29 is 14.3 Å². The molecule has 4 nitrogen and oxygen atoms in total. The average molecular weight is 295 g/mol. The third-order valence-electron chi connectivity index (χ3n) is 3.60. The molecule has 1 aliphatic heterocycles. The second-order valence-electron chi connectivity index (χ2n) is 4.98. The van der Waals surface area contributed by atoms with Crippen LogP contribution in [0, 0.1) is 0 Å². The van der Waals surface area contributed by atoms with E-state index in [1.807, 2.05) is 65.6 Å². The normalized spacial score (nSPS) is 17.4. The molecule has 4 heteroatoms. The van der Waals surface area contributed by atoms with E-state index in [0.717, 1.165) is 11.3 Å². The van der Waals surface area contributed by atoms with Crippen molar-refractivity contribution in [2.24, 2.45) is 0 Å². The summed E-state index contributed by atoms with van der Waals surface area (Å²) < 4.78 is 10.9. The number of carbonyl (C=O) groups is 1. The van der Waals surface area contributed by atoms with E-state index in [2.05, 4.69) is 0 Å². The van der Waals surface area contributed by atoms with Gasteiger partial charge >= 0.3 is 5.97 Å². The lowest BCUT2D eigenvalue weighted by Gasteiger charge is -2.27. The van der Waals surface area contributed by atoms with Gasteiger partial charge in [0.15, 0.2) is 5.70 Å². The summed E-state index contributed by atoms with van der Waals surface area (Å²) in [5.41, 5.74) is 2.29. The van der Waals surface area contributed by atoms with Crippen LogP contribution in [0.1, 0.15) is 18.7 Å². The summed E-state index contributed by atoms with van der Waals surface area (Å²) in [5.74, 6) is 0.157. The monoisotopic (exact) mass is 295 g/mol. The molecule has 0 N–H and O–H groups in total. The molecule has 0 amide bonds. The second-order valence-corrected chi connectivity index (χ2v) is 4.98. The number of esters is 1. The summed E-state index contributed by atoms with van der Waals surface area (Å²) in [6.07, 6.45) is -0.377. The first-order valence-corrected chi connectivity index (χ1v) is 7.07. The molecule has 0 radical (unpaired) electrons. The van der Waals surface area contributed by atoms with Crippen LogP contribution in [0.2, 0.25) is 0 Å². The van der Waals surface area contributed by atoms with Crippen molar-refractivity contribution in [1.29, 1.82) is 0 Å². The molecular formula is C18H17NO3. The Balaban J connectivity index is 2.08. The molecule has 2 aromatic carbocycles. The van der Waals surface area contributed by atoms with E-state index in [-0.39, 0.29) is 6.23 Å². The lowest BCUT2D eigenvalue weighted by molar-refractivity contribution is -0.136. The smallest absolute Gasteiger partial charge is 0.358 e. The van der Waals surface area contributed by atoms with Crippen LogP contribution >= 0.6 is 0 Å². The number of para-hydroxylation sites is 1. The van der Waals surface area contributed by atoms with Gasteiger partial charge in [-0.25, -0.2) is 4.79 Å². The predicted molar refractivity (Wildman–Crippen MR) is 83.9 cm³/mol. The number of allylic oxidation sites excluding steroid dienone is 1. The van der Waals surface area contributed by atoms with E-state index in [0.29, 0.717) is 11.5 Å². The first kappa shape index (κ1) is 14.2. The van der Waals surface area contributed by atoms with Crippen LogP contribution in [0.4, 0.5) is 5.69 Å². The summed E-state index contributed by atoms with van der Waals surface area (Å²) in [4.78, 5) is 14.1. The van der Waals surface area contributed by atoms with Crippen molar-refractivity contribution in [3.05, 3.63) is 77.7 Å². The van der Waals surface area contributed by atoms with Crippen LogP contribution in [-0.4, -0.2) is 13.1 Å². The molecule has 3 rings (SSSR count). The van der Waals surface area contributed by atoms with E-state index in [1.165, 1.54) is 7.11 Å². The quantitative estimate of drug-likeness (QED) is 0.811. The average Bonchev–Trinajstić information content (AvgIpc) is 2.93. The van der Waals surface area contributed by atoms with E-state index in [4.69, 9.17) is 9.47 Å². The van der Waals surface area contributed by atoms with E-state index in [1.54, 1.807) is 6.92 Å². The SMILES string of the molecule is COC(=O)C1=C(C)OC(c2ccccc2)N1c1ccccc1. The number of methoxy groups -OCH3 is 1. The van der Waals surface area contributed by atoms with Gasteiger partial charge in [-0.05, 0) is 19.1 Å². The molecule has 0 bridgehead atoms. The molecule has 0 aromatic heterocycles. The van der Waals surface area contributed by atoms with Crippen molar-refractivity contribution >= 4 is 11.7 Å². The molecule has 2 aromatic rings. The van der Waals surface area contributed by atoms with Crippen molar-refractivity contribution in [2.45, 2.75) is 13.2 Å². The summed E-state index contributed by atoms with van der Waals surface area (Å²) in [6, 6.07) is 19.5. The van der Waals surface area contributed by atoms with Gasteiger partial charge in [0.1, 0.15) is 5.76 Å². The van der Waals surface area contributed by atoms with Gasteiger partial charge in [-0.3, -0.25) is 4.90 Å². The lowest BCUT2D eigenvalue weighted by atomic mass is 10.1. The molecule has 1 heterocycles.